The summed E-state index contributed by atoms with van der Waals surface area (Å²) in [4.78, 5) is 2.65. The highest BCUT2D eigenvalue weighted by Gasteiger charge is 2.00. The van der Waals surface area contributed by atoms with Crippen LogP contribution in [0.25, 0.3) is 12.2 Å². The summed E-state index contributed by atoms with van der Waals surface area (Å²) >= 11 is 0. The van der Waals surface area contributed by atoms with Crippen LogP contribution in [0.5, 0.6) is 0 Å². The first-order valence-electron chi connectivity index (χ1n) is 7.41. The summed E-state index contributed by atoms with van der Waals surface area (Å²) in [6.45, 7) is 6.30. The average molecular weight is 315 g/mol. The van der Waals surface area contributed by atoms with Crippen LogP contribution in [-0.2, 0) is 10.7 Å². The number of rotatable bonds is 6. The maximum Gasteiger partial charge on any atom is 0.168 e. The predicted molar refractivity (Wildman–Crippen MR) is 94.0 cm³/mol. The number of benzene rings is 2. The van der Waals surface area contributed by atoms with Crippen LogP contribution in [0.2, 0.25) is 0 Å². The molecule has 0 amide bonds. The largest absolute Gasteiger partial charge is 0.372 e. The first-order chi connectivity index (χ1) is 10.6. The summed E-state index contributed by atoms with van der Waals surface area (Å²) in [7, 11) is -2.50. The molecule has 0 aromatic heterocycles. The Hall–Kier alpha value is -2.07. The molecule has 2 aromatic carbocycles. The van der Waals surface area contributed by atoms with Crippen LogP contribution in [0.3, 0.4) is 0 Å². The van der Waals surface area contributed by atoms with Gasteiger partial charge in [-0.2, -0.15) is 0 Å². The molecule has 2 aromatic rings. The molecule has 22 heavy (non-hydrogen) atoms. The highest BCUT2D eigenvalue weighted by atomic mass is 32.2. The lowest BCUT2D eigenvalue weighted by Gasteiger charge is -2.20. The van der Waals surface area contributed by atoms with E-state index in [1.165, 1.54) is 5.69 Å². The minimum atomic E-state index is -2.50. The Bertz CT molecular complexity index is 689. The van der Waals surface area contributed by atoms with E-state index in [9.17, 15) is 8.42 Å². The lowest BCUT2D eigenvalue weighted by atomic mass is 10.1. The van der Waals surface area contributed by atoms with Crippen LogP contribution in [0.1, 0.15) is 25.0 Å². The first kappa shape index (κ1) is 16.3. The molecule has 0 saturated carbocycles. The van der Waals surface area contributed by atoms with Gasteiger partial charge in [-0.15, -0.1) is 0 Å². The monoisotopic (exact) mass is 315 g/mol. The maximum atomic E-state index is 10.8. The zero-order valence-electron chi connectivity index (χ0n) is 12.9. The molecule has 0 bridgehead atoms. The fourth-order valence-corrected chi connectivity index (χ4v) is 2.68. The highest BCUT2D eigenvalue weighted by molar-refractivity contribution is 7.72. The number of thiol groups is 1. The van der Waals surface area contributed by atoms with Crippen molar-refractivity contribution in [1.29, 1.82) is 0 Å². The molecule has 0 aliphatic rings. The van der Waals surface area contributed by atoms with E-state index in [-0.39, 0.29) is 0 Å². The van der Waals surface area contributed by atoms with Gasteiger partial charge in [0.1, 0.15) is 0 Å². The van der Waals surface area contributed by atoms with E-state index in [2.05, 4.69) is 43.0 Å². The molecule has 0 N–H and O–H groups in total. The van der Waals surface area contributed by atoms with Gasteiger partial charge >= 0.3 is 0 Å². The molecule has 0 fully saturated rings. The lowest BCUT2D eigenvalue weighted by Crippen LogP contribution is -2.21. The summed E-state index contributed by atoms with van der Waals surface area (Å²) in [6, 6.07) is 15.3. The molecule has 0 radical (unpaired) electrons. The van der Waals surface area contributed by atoms with Gasteiger partial charge in [0, 0.05) is 18.8 Å². The van der Waals surface area contributed by atoms with Crippen LogP contribution >= 0.6 is 0 Å². The molecular weight excluding hydrogens is 294 g/mol. The Kier molecular flexibility index (Phi) is 5.78. The fourth-order valence-electron chi connectivity index (χ4n) is 2.28. The van der Waals surface area contributed by atoms with Gasteiger partial charge in [-0.1, -0.05) is 36.4 Å². The molecule has 0 atom stereocenters. The molecule has 3 nitrogen and oxygen atoms in total. The van der Waals surface area contributed by atoms with Crippen molar-refractivity contribution in [2.24, 2.45) is 0 Å². The first-order valence-corrected chi connectivity index (χ1v) is 8.59. The molecule has 4 heteroatoms. The molecule has 0 aliphatic carbocycles. The van der Waals surface area contributed by atoms with Crippen molar-refractivity contribution >= 4 is 28.5 Å². The summed E-state index contributed by atoms with van der Waals surface area (Å²) in [5.74, 6) is 0. The van der Waals surface area contributed by atoms with Crippen molar-refractivity contribution < 1.29 is 8.42 Å². The molecule has 0 aliphatic heterocycles. The zero-order chi connectivity index (χ0) is 15.9. The molecule has 0 spiro atoms. The minimum absolute atomic E-state index is 0.343. The van der Waals surface area contributed by atoms with Gasteiger partial charge in [-0.3, -0.25) is 0 Å². The van der Waals surface area contributed by atoms with E-state index < -0.39 is 10.7 Å². The van der Waals surface area contributed by atoms with Gasteiger partial charge < -0.3 is 4.90 Å². The molecule has 2 rings (SSSR count). The molecule has 0 unspecified atom stereocenters. The Morgan fingerprint density at radius 2 is 1.27 bits per heavy atom. The second kappa shape index (κ2) is 7.80. The van der Waals surface area contributed by atoms with Gasteiger partial charge in [0.25, 0.3) is 0 Å². The third-order valence-electron chi connectivity index (χ3n) is 3.59. The molecule has 116 valence electrons. The van der Waals surface area contributed by atoms with Crippen LogP contribution in [0.15, 0.2) is 53.4 Å². The van der Waals surface area contributed by atoms with Crippen LogP contribution < -0.4 is 4.90 Å². The van der Waals surface area contributed by atoms with E-state index in [1.807, 2.05) is 12.2 Å². The minimum Gasteiger partial charge on any atom is -0.372 e. The summed E-state index contributed by atoms with van der Waals surface area (Å²) < 4.78 is 21.7. The zero-order valence-corrected chi connectivity index (χ0v) is 13.8. The van der Waals surface area contributed by atoms with Crippen molar-refractivity contribution in [3.8, 4) is 0 Å². The van der Waals surface area contributed by atoms with Crippen LogP contribution in [0.4, 0.5) is 5.69 Å². The van der Waals surface area contributed by atoms with E-state index >= 15 is 0 Å². The summed E-state index contributed by atoms with van der Waals surface area (Å²) in [5.41, 5.74) is 3.33. The van der Waals surface area contributed by atoms with Crippen molar-refractivity contribution in [3.63, 3.8) is 0 Å². The second-order valence-corrected chi connectivity index (χ2v) is 5.98. The smallest absolute Gasteiger partial charge is 0.168 e. The van der Waals surface area contributed by atoms with E-state index in [0.717, 1.165) is 24.2 Å². The van der Waals surface area contributed by atoms with Gasteiger partial charge in [-0.25, -0.2) is 8.42 Å². The highest BCUT2D eigenvalue weighted by Crippen LogP contribution is 2.17. The second-order valence-electron chi connectivity index (χ2n) is 4.95. The van der Waals surface area contributed by atoms with Gasteiger partial charge in [0.05, 0.1) is 4.90 Å². The summed E-state index contributed by atoms with van der Waals surface area (Å²) in [5, 5.41) is 0. The van der Waals surface area contributed by atoms with E-state index in [0.29, 0.717) is 4.90 Å². The van der Waals surface area contributed by atoms with Crippen molar-refractivity contribution in [2.45, 2.75) is 18.7 Å². The molecular formula is C18H21NO2S. The predicted octanol–water partition coefficient (Wildman–Crippen LogP) is 3.67. The van der Waals surface area contributed by atoms with Crippen molar-refractivity contribution in [2.75, 3.05) is 18.0 Å². The molecule has 0 saturated heterocycles. The number of hydrogen-bond donors (Lipinski definition) is 1. The number of nitrogens with zero attached hydrogens (tertiary/aromatic N) is 1. The molecule has 0 heterocycles. The summed E-state index contributed by atoms with van der Waals surface area (Å²) in [6.07, 6.45) is 4.01. The Morgan fingerprint density at radius 1 is 0.818 bits per heavy atom. The third-order valence-corrected chi connectivity index (χ3v) is 4.31. The van der Waals surface area contributed by atoms with E-state index in [4.69, 9.17) is 0 Å². The van der Waals surface area contributed by atoms with Gasteiger partial charge in [0.15, 0.2) is 10.7 Å². The normalized spacial score (nSPS) is 11.2. The number of anilines is 1. The number of hydrogen-bond acceptors (Lipinski definition) is 3. The topological polar surface area (TPSA) is 37.4 Å². The quantitative estimate of drug-likeness (QED) is 0.653. The Balaban J connectivity index is 2.09. The van der Waals surface area contributed by atoms with Crippen LogP contribution in [-0.4, -0.2) is 21.5 Å². The van der Waals surface area contributed by atoms with Gasteiger partial charge in [0.2, 0.25) is 0 Å². The standard InChI is InChI=1S/C18H21NO2S/c1-3-19(4-2)17-11-7-15(8-12-17)5-6-16-9-13-18(14-10-16)22(20)21/h5-14,22H,3-4H2,1-2H3/b6-5+. The average Bonchev–Trinajstić information content (AvgIpc) is 2.55. The van der Waals surface area contributed by atoms with Crippen molar-refractivity contribution in [1.82, 2.24) is 0 Å². The van der Waals surface area contributed by atoms with E-state index in [1.54, 1.807) is 24.3 Å². The third kappa shape index (κ3) is 4.21. The maximum absolute atomic E-state index is 10.8. The fraction of sp³-hybridized carbons (Fsp3) is 0.222. The Morgan fingerprint density at radius 3 is 1.68 bits per heavy atom. The van der Waals surface area contributed by atoms with Crippen molar-refractivity contribution in [3.05, 3.63) is 59.7 Å². The Labute approximate surface area is 133 Å². The lowest BCUT2D eigenvalue weighted by molar-refractivity contribution is 0.614. The SMILES string of the molecule is CCN(CC)c1ccc(/C=C/c2ccc([SH](=O)=O)cc2)cc1. The van der Waals surface area contributed by atoms with Gasteiger partial charge in [-0.05, 0) is 49.2 Å². The van der Waals surface area contributed by atoms with Crippen LogP contribution in [0, 0.1) is 0 Å².